The fourth-order valence-electron chi connectivity index (χ4n) is 1.76. The van der Waals surface area contributed by atoms with Crippen LogP contribution in [0.1, 0.15) is 15.9 Å². The topological polar surface area (TPSA) is 55.8 Å². The summed E-state index contributed by atoms with van der Waals surface area (Å²) in [6.07, 6.45) is -2.66. The Hall–Kier alpha value is -2.63. The van der Waals surface area contributed by atoms with Gasteiger partial charge in [-0.3, -0.25) is 0 Å². The normalized spacial score (nSPS) is 10.5. The largest absolute Gasteiger partial charge is 0.485 e. The molecule has 0 aliphatic carbocycles. The third-order valence-electron chi connectivity index (χ3n) is 2.79. The Balaban J connectivity index is 2.15. The molecule has 2 aromatic carbocycles. The lowest BCUT2D eigenvalue weighted by atomic mass is 10.2. The molecule has 0 aliphatic heterocycles. The highest BCUT2D eigenvalue weighted by Gasteiger charge is 2.13. The number of ether oxygens (including phenoxy) is 2. The maximum Gasteiger partial charge on any atom is 0.335 e. The smallest absolute Gasteiger partial charge is 0.335 e. The summed E-state index contributed by atoms with van der Waals surface area (Å²) in [5.41, 5.74) is 0.834. The van der Waals surface area contributed by atoms with Crippen molar-refractivity contribution in [3.05, 3.63) is 59.7 Å². The van der Waals surface area contributed by atoms with Gasteiger partial charge in [-0.1, -0.05) is 30.3 Å². The minimum Gasteiger partial charge on any atom is -0.485 e. The molecule has 0 saturated heterocycles. The van der Waals surface area contributed by atoms with E-state index < -0.39 is 19.0 Å². The maximum absolute atomic E-state index is 12.3. The minimum absolute atomic E-state index is 0.0175. The first kappa shape index (κ1) is 15.8. The third-order valence-corrected chi connectivity index (χ3v) is 2.79. The SMILES string of the molecule is O=C(O)c1ccc(OCc2ccccc2)c(OCC(F)F)c1. The van der Waals surface area contributed by atoms with Crippen molar-refractivity contribution in [1.82, 2.24) is 0 Å². The highest BCUT2D eigenvalue weighted by Crippen LogP contribution is 2.29. The molecule has 0 fully saturated rings. The van der Waals surface area contributed by atoms with E-state index in [9.17, 15) is 13.6 Å². The number of aromatic carboxylic acids is 1. The average molecular weight is 308 g/mol. The number of hydrogen-bond donors (Lipinski definition) is 1. The molecule has 4 nitrogen and oxygen atoms in total. The van der Waals surface area contributed by atoms with Crippen LogP contribution in [0.25, 0.3) is 0 Å². The van der Waals surface area contributed by atoms with E-state index in [0.29, 0.717) is 0 Å². The first-order valence-electron chi connectivity index (χ1n) is 6.51. The molecule has 1 N–H and O–H groups in total. The Morgan fingerprint density at radius 2 is 1.77 bits per heavy atom. The predicted molar refractivity (Wildman–Crippen MR) is 75.7 cm³/mol. The van der Waals surface area contributed by atoms with Gasteiger partial charge in [0.25, 0.3) is 6.43 Å². The second-order valence-corrected chi connectivity index (χ2v) is 4.44. The molecule has 0 atom stereocenters. The van der Waals surface area contributed by atoms with Gasteiger partial charge >= 0.3 is 5.97 Å². The molecular weight excluding hydrogens is 294 g/mol. The zero-order chi connectivity index (χ0) is 15.9. The number of alkyl halides is 2. The second-order valence-electron chi connectivity index (χ2n) is 4.44. The quantitative estimate of drug-likeness (QED) is 0.849. The number of carboxylic acids is 1. The zero-order valence-electron chi connectivity index (χ0n) is 11.5. The summed E-state index contributed by atoms with van der Waals surface area (Å²) in [5.74, 6) is -0.970. The van der Waals surface area contributed by atoms with Crippen LogP contribution in [0.5, 0.6) is 11.5 Å². The molecule has 0 heterocycles. The summed E-state index contributed by atoms with van der Waals surface area (Å²) >= 11 is 0. The zero-order valence-corrected chi connectivity index (χ0v) is 11.5. The molecule has 0 unspecified atom stereocenters. The van der Waals surface area contributed by atoms with Crippen LogP contribution >= 0.6 is 0 Å². The van der Waals surface area contributed by atoms with Crippen molar-refractivity contribution in [2.75, 3.05) is 6.61 Å². The van der Waals surface area contributed by atoms with Gasteiger partial charge in [-0.25, -0.2) is 13.6 Å². The van der Waals surface area contributed by atoms with Crippen LogP contribution in [0.3, 0.4) is 0 Å². The number of hydrogen-bond acceptors (Lipinski definition) is 3. The maximum atomic E-state index is 12.3. The molecule has 2 rings (SSSR count). The van der Waals surface area contributed by atoms with E-state index in [1.54, 1.807) is 0 Å². The van der Waals surface area contributed by atoms with Gasteiger partial charge in [-0.2, -0.15) is 0 Å². The monoisotopic (exact) mass is 308 g/mol. The molecule has 0 radical (unpaired) electrons. The molecule has 116 valence electrons. The summed E-state index contributed by atoms with van der Waals surface area (Å²) in [5, 5.41) is 8.94. The van der Waals surface area contributed by atoms with Gasteiger partial charge in [-0.05, 0) is 23.8 Å². The van der Waals surface area contributed by atoms with E-state index in [2.05, 4.69) is 0 Å². The van der Waals surface area contributed by atoms with Crippen LogP contribution < -0.4 is 9.47 Å². The van der Waals surface area contributed by atoms with Crippen LogP contribution in [-0.2, 0) is 6.61 Å². The van der Waals surface area contributed by atoms with Gasteiger partial charge in [0.2, 0.25) is 0 Å². The lowest BCUT2D eigenvalue weighted by Gasteiger charge is -2.13. The van der Waals surface area contributed by atoms with Crippen molar-refractivity contribution in [2.45, 2.75) is 13.0 Å². The fourth-order valence-corrected chi connectivity index (χ4v) is 1.76. The number of carboxylic acid groups (broad SMARTS) is 1. The van der Waals surface area contributed by atoms with Gasteiger partial charge in [0.05, 0.1) is 5.56 Å². The number of halogens is 2. The standard InChI is InChI=1S/C16H14F2O4/c17-15(18)10-22-14-8-12(16(19)20)6-7-13(14)21-9-11-4-2-1-3-5-11/h1-8,15H,9-10H2,(H,19,20). The van der Waals surface area contributed by atoms with Gasteiger partial charge in [0.1, 0.15) is 13.2 Å². The van der Waals surface area contributed by atoms with E-state index in [-0.39, 0.29) is 23.7 Å². The van der Waals surface area contributed by atoms with Gasteiger partial charge in [-0.15, -0.1) is 0 Å². The molecule has 0 aromatic heterocycles. The van der Waals surface area contributed by atoms with Crippen molar-refractivity contribution in [3.63, 3.8) is 0 Å². The molecule has 0 aliphatic rings. The minimum atomic E-state index is -2.66. The highest BCUT2D eigenvalue weighted by molar-refractivity contribution is 5.88. The van der Waals surface area contributed by atoms with Crippen LogP contribution in [0.4, 0.5) is 8.78 Å². The number of rotatable bonds is 7. The summed E-state index contributed by atoms with van der Waals surface area (Å²) in [7, 11) is 0. The summed E-state index contributed by atoms with van der Waals surface area (Å²) in [6, 6.07) is 13.2. The van der Waals surface area contributed by atoms with E-state index >= 15 is 0 Å². The van der Waals surface area contributed by atoms with E-state index in [1.807, 2.05) is 30.3 Å². The highest BCUT2D eigenvalue weighted by atomic mass is 19.3. The molecular formula is C16H14F2O4. The molecule has 6 heteroatoms. The Morgan fingerprint density at radius 3 is 2.41 bits per heavy atom. The Bertz CT molecular complexity index is 629. The van der Waals surface area contributed by atoms with Crippen molar-refractivity contribution in [2.24, 2.45) is 0 Å². The Morgan fingerprint density at radius 1 is 1.05 bits per heavy atom. The van der Waals surface area contributed by atoms with Crippen molar-refractivity contribution in [1.29, 1.82) is 0 Å². The lowest BCUT2D eigenvalue weighted by molar-refractivity contribution is 0.0694. The second kappa shape index (κ2) is 7.40. The predicted octanol–water partition coefficient (Wildman–Crippen LogP) is 3.61. The Labute approximate surface area is 125 Å². The number of benzene rings is 2. The summed E-state index contributed by atoms with van der Waals surface area (Å²) < 4.78 is 35.0. The third kappa shape index (κ3) is 4.44. The summed E-state index contributed by atoms with van der Waals surface area (Å²) in [4.78, 5) is 10.9. The first-order chi connectivity index (χ1) is 10.6. The van der Waals surface area contributed by atoms with Crippen LogP contribution in [0.2, 0.25) is 0 Å². The molecule has 0 spiro atoms. The van der Waals surface area contributed by atoms with E-state index in [1.165, 1.54) is 18.2 Å². The molecule has 0 saturated carbocycles. The molecule has 0 bridgehead atoms. The first-order valence-corrected chi connectivity index (χ1v) is 6.51. The van der Waals surface area contributed by atoms with Crippen molar-refractivity contribution < 1.29 is 28.2 Å². The average Bonchev–Trinajstić information content (AvgIpc) is 2.52. The lowest BCUT2D eigenvalue weighted by Crippen LogP contribution is -2.09. The van der Waals surface area contributed by atoms with Crippen LogP contribution in [-0.4, -0.2) is 24.1 Å². The van der Waals surface area contributed by atoms with E-state index in [0.717, 1.165) is 5.56 Å². The number of carbonyl (C=O) groups is 1. The fraction of sp³-hybridized carbons (Fsp3) is 0.188. The molecule has 0 amide bonds. The van der Waals surface area contributed by atoms with Gasteiger partial charge < -0.3 is 14.6 Å². The Kier molecular flexibility index (Phi) is 5.30. The van der Waals surface area contributed by atoms with Gasteiger partial charge in [0, 0.05) is 0 Å². The molecule has 2 aromatic rings. The van der Waals surface area contributed by atoms with E-state index in [4.69, 9.17) is 14.6 Å². The van der Waals surface area contributed by atoms with Gasteiger partial charge in [0.15, 0.2) is 11.5 Å². The van der Waals surface area contributed by atoms with Crippen LogP contribution in [0, 0.1) is 0 Å². The van der Waals surface area contributed by atoms with Crippen molar-refractivity contribution in [3.8, 4) is 11.5 Å². The summed E-state index contributed by atoms with van der Waals surface area (Å²) in [6.45, 7) is -0.608. The molecule has 22 heavy (non-hydrogen) atoms. The van der Waals surface area contributed by atoms with Crippen molar-refractivity contribution >= 4 is 5.97 Å². The van der Waals surface area contributed by atoms with Crippen LogP contribution in [0.15, 0.2) is 48.5 Å².